The standard InChI is InChI=1S/C12H8ClN3S2/c13-10-9-6-2-1-3-8(6)18-12(9)16-11(15-10)7-4-17-5-14-7/h4-5H,1-3H2. The van der Waals surface area contributed by atoms with Gasteiger partial charge in [-0.1, -0.05) is 11.6 Å². The summed E-state index contributed by atoms with van der Waals surface area (Å²) < 4.78 is 0. The highest BCUT2D eigenvalue weighted by molar-refractivity contribution is 7.19. The molecule has 0 saturated carbocycles. The maximum absolute atomic E-state index is 6.34. The van der Waals surface area contributed by atoms with Crippen LogP contribution >= 0.6 is 34.3 Å². The lowest BCUT2D eigenvalue weighted by atomic mass is 10.2. The van der Waals surface area contributed by atoms with E-state index in [1.54, 1.807) is 16.8 Å². The molecule has 4 rings (SSSR count). The minimum atomic E-state index is 0.572. The van der Waals surface area contributed by atoms with Gasteiger partial charge in [0.2, 0.25) is 0 Å². The van der Waals surface area contributed by atoms with Crippen LogP contribution < -0.4 is 0 Å². The molecule has 0 bridgehead atoms. The molecule has 0 aliphatic heterocycles. The number of halogens is 1. The minimum Gasteiger partial charge on any atom is -0.241 e. The molecular weight excluding hydrogens is 286 g/mol. The normalized spacial score (nSPS) is 14.3. The zero-order valence-electron chi connectivity index (χ0n) is 9.31. The summed E-state index contributed by atoms with van der Waals surface area (Å²) in [6.07, 6.45) is 3.48. The Labute approximate surface area is 117 Å². The third-order valence-corrected chi connectivity index (χ3v) is 5.23. The van der Waals surface area contributed by atoms with E-state index in [-0.39, 0.29) is 0 Å². The van der Waals surface area contributed by atoms with Crippen LogP contribution in [-0.2, 0) is 12.8 Å². The van der Waals surface area contributed by atoms with Crippen molar-refractivity contribution in [3.8, 4) is 11.5 Å². The molecule has 0 radical (unpaired) electrons. The lowest BCUT2D eigenvalue weighted by Crippen LogP contribution is -1.91. The van der Waals surface area contributed by atoms with Gasteiger partial charge in [-0.05, 0) is 24.8 Å². The summed E-state index contributed by atoms with van der Waals surface area (Å²) in [7, 11) is 0. The number of nitrogens with zero attached hydrogens (tertiary/aromatic N) is 3. The lowest BCUT2D eigenvalue weighted by molar-refractivity contribution is 0.917. The zero-order chi connectivity index (χ0) is 12.1. The Balaban J connectivity index is 2.00. The first-order chi connectivity index (χ1) is 8.83. The maximum Gasteiger partial charge on any atom is 0.181 e. The van der Waals surface area contributed by atoms with Crippen LogP contribution in [0, 0.1) is 0 Å². The average Bonchev–Trinajstić information content (AvgIpc) is 3.04. The molecule has 1 aliphatic rings. The van der Waals surface area contributed by atoms with E-state index in [1.165, 1.54) is 28.2 Å². The highest BCUT2D eigenvalue weighted by Gasteiger charge is 2.22. The molecular formula is C12H8ClN3S2. The molecule has 0 atom stereocenters. The highest BCUT2D eigenvalue weighted by atomic mass is 35.5. The van der Waals surface area contributed by atoms with Crippen molar-refractivity contribution >= 4 is 44.5 Å². The first kappa shape index (κ1) is 10.8. The molecule has 0 unspecified atom stereocenters. The SMILES string of the molecule is Clc1nc(-c2cscn2)nc2sc3c(c12)CCC3. The second-order valence-electron chi connectivity index (χ2n) is 4.25. The molecule has 1 aliphatic carbocycles. The molecule has 3 heterocycles. The summed E-state index contributed by atoms with van der Waals surface area (Å²) in [4.78, 5) is 15.7. The Kier molecular flexibility index (Phi) is 2.40. The lowest BCUT2D eigenvalue weighted by Gasteiger charge is -2.00. The van der Waals surface area contributed by atoms with Crippen LogP contribution in [0.25, 0.3) is 21.7 Å². The predicted molar refractivity (Wildman–Crippen MR) is 75.6 cm³/mol. The second-order valence-corrected chi connectivity index (χ2v) is 6.41. The van der Waals surface area contributed by atoms with Crippen LogP contribution in [0.15, 0.2) is 10.9 Å². The van der Waals surface area contributed by atoms with E-state index >= 15 is 0 Å². The Morgan fingerprint density at radius 3 is 3.00 bits per heavy atom. The van der Waals surface area contributed by atoms with Crippen molar-refractivity contribution < 1.29 is 0 Å². The molecule has 3 aromatic rings. The molecule has 0 aromatic carbocycles. The summed E-state index contributed by atoms with van der Waals surface area (Å²) in [6, 6.07) is 0. The summed E-state index contributed by atoms with van der Waals surface area (Å²) in [6.45, 7) is 0. The van der Waals surface area contributed by atoms with Gasteiger partial charge in [0, 0.05) is 10.3 Å². The highest BCUT2D eigenvalue weighted by Crippen LogP contribution is 2.39. The number of thiophene rings is 1. The number of aromatic nitrogens is 3. The van der Waals surface area contributed by atoms with Crippen LogP contribution in [0.2, 0.25) is 5.15 Å². The molecule has 0 fully saturated rings. The first-order valence-corrected chi connectivity index (χ1v) is 7.83. The zero-order valence-corrected chi connectivity index (χ0v) is 11.7. The van der Waals surface area contributed by atoms with Gasteiger partial charge >= 0.3 is 0 Å². The van der Waals surface area contributed by atoms with Crippen molar-refractivity contribution in [1.29, 1.82) is 0 Å². The molecule has 90 valence electrons. The fourth-order valence-electron chi connectivity index (χ4n) is 2.39. The van der Waals surface area contributed by atoms with Crippen LogP contribution in [0.3, 0.4) is 0 Å². The van der Waals surface area contributed by atoms with Gasteiger partial charge in [-0.2, -0.15) is 0 Å². The Morgan fingerprint density at radius 1 is 1.22 bits per heavy atom. The van der Waals surface area contributed by atoms with Gasteiger partial charge in [0.1, 0.15) is 15.7 Å². The largest absolute Gasteiger partial charge is 0.241 e. The number of rotatable bonds is 1. The molecule has 0 saturated heterocycles. The summed E-state index contributed by atoms with van der Waals surface area (Å²) in [5.41, 5.74) is 3.95. The van der Waals surface area contributed by atoms with Gasteiger partial charge in [-0.25, -0.2) is 15.0 Å². The van der Waals surface area contributed by atoms with Crippen LogP contribution in [0.5, 0.6) is 0 Å². The van der Waals surface area contributed by atoms with E-state index in [0.717, 1.165) is 28.8 Å². The van der Waals surface area contributed by atoms with Gasteiger partial charge in [-0.3, -0.25) is 0 Å². The van der Waals surface area contributed by atoms with E-state index in [9.17, 15) is 0 Å². The van der Waals surface area contributed by atoms with Crippen LogP contribution in [0.1, 0.15) is 16.9 Å². The fourth-order valence-corrected chi connectivity index (χ4v) is 4.52. The fraction of sp³-hybridized carbons (Fsp3) is 0.250. The van der Waals surface area contributed by atoms with Gasteiger partial charge in [0.25, 0.3) is 0 Å². The van der Waals surface area contributed by atoms with Gasteiger partial charge < -0.3 is 0 Å². The molecule has 3 aromatic heterocycles. The Bertz CT molecular complexity index is 733. The average molecular weight is 294 g/mol. The molecule has 0 spiro atoms. The number of hydrogen-bond acceptors (Lipinski definition) is 5. The van der Waals surface area contributed by atoms with E-state index in [1.807, 2.05) is 5.38 Å². The summed E-state index contributed by atoms with van der Waals surface area (Å²) >= 11 is 9.63. The van der Waals surface area contributed by atoms with Crippen molar-refractivity contribution in [2.75, 3.05) is 0 Å². The number of aryl methyl sites for hydroxylation is 2. The van der Waals surface area contributed by atoms with Gasteiger partial charge in [0.15, 0.2) is 5.82 Å². The third-order valence-electron chi connectivity index (χ3n) is 3.18. The van der Waals surface area contributed by atoms with Crippen molar-refractivity contribution in [3.63, 3.8) is 0 Å². The van der Waals surface area contributed by atoms with Crippen molar-refractivity contribution in [3.05, 3.63) is 26.5 Å². The number of fused-ring (bicyclic) bond motifs is 3. The van der Waals surface area contributed by atoms with Crippen molar-refractivity contribution in [2.24, 2.45) is 0 Å². The van der Waals surface area contributed by atoms with Crippen LogP contribution in [-0.4, -0.2) is 15.0 Å². The Hall–Kier alpha value is -1.04. The molecule has 6 heteroatoms. The smallest absolute Gasteiger partial charge is 0.181 e. The molecule has 0 amide bonds. The third kappa shape index (κ3) is 1.51. The first-order valence-electron chi connectivity index (χ1n) is 5.69. The number of thiazole rings is 1. The van der Waals surface area contributed by atoms with Gasteiger partial charge in [0.05, 0.1) is 10.9 Å². The second kappa shape index (κ2) is 3.98. The predicted octanol–water partition coefficient (Wildman–Crippen LogP) is 3.96. The Morgan fingerprint density at radius 2 is 2.17 bits per heavy atom. The van der Waals surface area contributed by atoms with Gasteiger partial charge in [-0.15, -0.1) is 22.7 Å². The minimum absolute atomic E-state index is 0.572. The topological polar surface area (TPSA) is 38.7 Å². The van der Waals surface area contributed by atoms with Crippen molar-refractivity contribution in [1.82, 2.24) is 15.0 Å². The quantitative estimate of drug-likeness (QED) is 0.638. The van der Waals surface area contributed by atoms with E-state index in [4.69, 9.17) is 11.6 Å². The molecule has 18 heavy (non-hydrogen) atoms. The van der Waals surface area contributed by atoms with E-state index < -0.39 is 0 Å². The molecule has 3 nitrogen and oxygen atoms in total. The van der Waals surface area contributed by atoms with E-state index in [2.05, 4.69) is 15.0 Å². The summed E-state index contributed by atoms with van der Waals surface area (Å²) in [5.74, 6) is 0.633. The monoisotopic (exact) mass is 293 g/mol. The number of hydrogen-bond donors (Lipinski definition) is 0. The maximum atomic E-state index is 6.34. The van der Waals surface area contributed by atoms with Crippen LogP contribution in [0.4, 0.5) is 0 Å². The van der Waals surface area contributed by atoms with Crippen molar-refractivity contribution in [2.45, 2.75) is 19.3 Å². The summed E-state index contributed by atoms with van der Waals surface area (Å²) in [5, 5.41) is 3.58. The molecule has 0 N–H and O–H groups in total. The van der Waals surface area contributed by atoms with E-state index in [0.29, 0.717) is 11.0 Å².